The quantitative estimate of drug-likeness (QED) is 0.371. The van der Waals surface area contributed by atoms with Crippen molar-refractivity contribution in [2.45, 2.75) is 48.0 Å². The Labute approximate surface area is 185 Å². The minimum Gasteiger partial charge on any atom is -0.257 e. The lowest BCUT2D eigenvalue weighted by Crippen LogP contribution is -2.30. The van der Waals surface area contributed by atoms with E-state index in [4.69, 9.17) is 4.98 Å². The van der Waals surface area contributed by atoms with Crippen LogP contribution in [0, 0.1) is 26.2 Å². The van der Waals surface area contributed by atoms with Gasteiger partial charge >= 0.3 is 0 Å². The first-order valence-corrected chi connectivity index (χ1v) is 10.9. The fraction of sp³-hybridized carbons (Fsp3) is 0.321. The third kappa shape index (κ3) is 4.51. The number of aromatic nitrogens is 3. The average molecular weight is 411 g/mol. The van der Waals surface area contributed by atoms with Gasteiger partial charge in [-0.2, -0.15) is 0 Å². The third-order valence-electron chi connectivity index (χ3n) is 5.89. The van der Waals surface area contributed by atoms with Crippen LogP contribution in [0.1, 0.15) is 43.2 Å². The number of fused-ring (bicyclic) bond motifs is 1. The number of pyridine rings is 1. The molecule has 0 aliphatic rings. The first-order chi connectivity index (χ1) is 14.6. The van der Waals surface area contributed by atoms with Gasteiger partial charge in [-0.05, 0) is 67.3 Å². The van der Waals surface area contributed by atoms with Crippen molar-refractivity contribution in [3.63, 3.8) is 0 Å². The van der Waals surface area contributed by atoms with Crippen molar-refractivity contribution in [3.05, 3.63) is 77.4 Å². The van der Waals surface area contributed by atoms with Crippen molar-refractivity contribution in [2.75, 3.05) is 0 Å². The zero-order chi connectivity index (χ0) is 22.3. The number of rotatable bonds is 3. The first-order valence-electron chi connectivity index (χ1n) is 10.9. The Balaban J connectivity index is 1.77. The molecular formula is C28H32N3+. The highest BCUT2D eigenvalue weighted by atomic mass is 14.9. The molecular weight excluding hydrogens is 378 g/mol. The minimum atomic E-state index is 0.206. The summed E-state index contributed by atoms with van der Waals surface area (Å²) >= 11 is 0. The molecule has 4 aromatic rings. The molecule has 4 rings (SSSR count). The van der Waals surface area contributed by atoms with E-state index >= 15 is 0 Å². The summed E-state index contributed by atoms with van der Waals surface area (Å²) in [6, 6.07) is 13.4. The molecule has 2 aromatic heterocycles. The molecule has 2 heterocycles. The molecule has 158 valence electrons. The van der Waals surface area contributed by atoms with E-state index in [0.29, 0.717) is 0 Å². The van der Waals surface area contributed by atoms with Crippen molar-refractivity contribution < 1.29 is 4.57 Å². The predicted molar refractivity (Wildman–Crippen MR) is 129 cm³/mol. The predicted octanol–water partition coefficient (Wildman–Crippen LogP) is 6.30. The highest BCUT2D eigenvalue weighted by Crippen LogP contribution is 2.29. The van der Waals surface area contributed by atoms with Crippen LogP contribution in [0.2, 0.25) is 0 Å². The van der Waals surface area contributed by atoms with Crippen LogP contribution < -0.4 is 4.57 Å². The van der Waals surface area contributed by atoms with E-state index in [0.717, 1.165) is 23.4 Å². The van der Waals surface area contributed by atoms with Crippen molar-refractivity contribution >= 4 is 10.8 Å². The average Bonchev–Trinajstić information content (AvgIpc) is 2.69. The zero-order valence-electron chi connectivity index (χ0n) is 19.7. The van der Waals surface area contributed by atoms with Gasteiger partial charge in [-0.15, -0.1) is 0 Å². The van der Waals surface area contributed by atoms with Crippen molar-refractivity contribution in [2.24, 2.45) is 12.5 Å². The second-order valence-corrected chi connectivity index (χ2v) is 10.00. The zero-order valence-corrected chi connectivity index (χ0v) is 19.7. The van der Waals surface area contributed by atoms with E-state index in [-0.39, 0.29) is 5.41 Å². The number of aryl methyl sites for hydroxylation is 3. The SMILES string of the molecule is Cc1cc(C)c(C)c(-c2cc3cc(-c4cnc(CC(C)(C)C)cn4)ccc3c[n+]2C)c1. The van der Waals surface area contributed by atoms with E-state index in [2.05, 4.69) is 101 Å². The Bertz CT molecular complexity index is 1260. The molecule has 3 heteroatoms. The number of hydrogen-bond donors (Lipinski definition) is 0. The molecule has 2 aromatic carbocycles. The summed E-state index contributed by atoms with van der Waals surface area (Å²) in [5.74, 6) is 0. The second-order valence-electron chi connectivity index (χ2n) is 10.00. The Kier molecular flexibility index (Phi) is 5.38. The maximum Gasteiger partial charge on any atom is 0.213 e. The lowest BCUT2D eigenvalue weighted by Gasteiger charge is -2.17. The van der Waals surface area contributed by atoms with Gasteiger partial charge in [-0.1, -0.05) is 38.5 Å². The monoisotopic (exact) mass is 410 g/mol. The molecule has 0 atom stereocenters. The maximum absolute atomic E-state index is 4.71. The van der Waals surface area contributed by atoms with Crippen molar-refractivity contribution in [1.29, 1.82) is 0 Å². The molecule has 0 N–H and O–H groups in total. The maximum atomic E-state index is 4.71. The van der Waals surface area contributed by atoms with Crippen LogP contribution in [0.25, 0.3) is 33.3 Å². The normalized spacial score (nSPS) is 11.8. The summed E-state index contributed by atoms with van der Waals surface area (Å²) in [4.78, 5) is 9.37. The highest BCUT2D eigenvalue weighted by Gasteiger charge is 2.17. The molecule has 0 radical (unpaired) electrons. The number of nitrogens with zero attached hydrogens (tertiary/aromatic N) is 3. The van der Waals surface area contributed by atoms with Gasteiger partial charge in [-0.25, -0.2) is 4.57 Å². The standard InChI is InChI=1S/C28H32N3/c1-18-10-19(2)20(3)25(11-18)27-13-23-12-21(8-9-22(23)17-31(27)7)26-16-29-24(15-30-26)14-28(4,5)6/h8-13,15-17H,14H2,1-7H3/q+1. The minimum absolute atomic E-state index is 0.206. The Morgan fingerprint density at radius 2 is 1.65 bits per heavy atom. The fourth-order valence-electron chi connectivity index (χ4n) is 4.22. The summed E-state index contributed by atoms with van der Waals surface area (Å²) in [5.41, 5.74) is 9.72. The van der Waals surface area contributed by atoms with Gasteiger partial charge < -0.3 is 0 Å². The second kappa shape index (κ2) is 7.88. The summed E-state index contributed by atoms with van der Waals surface area (Å²) in [5, 5.41) is 2.43. The van der Waals surface area contributed by atoms with Crippen LogP contribution in [0.4, 0.5) is 0 Å². The smallest absolute Gasteiger partial charge is 0.213 e. The Morgan fingerprint density at radius 1 is 0.871 bits per heavy atom. The highest BCUT2D eigenvalue weighted by molar-refractivity contribution is 5.88. The topological polar surface area (TPSA) is 29.7 Å². The molecule has 31 heavy (non-hydrogen) atoms. The van der Waals surface area contributed by atoms with Gasteiger partial charge in [0.1, 0.15) is 7.05 Å². The lowest BCUT2D eigenvalue weighted by molar-refractivity contribution is -0.659. The summed E-state index contributed by atoms with van der Waals surface area (Å²) in [6.45, 7) is 13.2. The largest absolute Gasteiger partial charge is 0.257 e. The Hall–Kier alpha value is -3.07. The van der Waals surface area contributed by atoms with E-state index in [1.807, 2.05) is 12.4 Å². The van der Waals surface area contributed by atoms with Crippen LogP contribution in [-0.2, 0) is 13.5 Å². The summed E-state index contributed by atoms with van der Waals surface area (Å²) in [6.07, 6.45) is 6.96. The van der Waals surface area contributed by atoms with Crippen LogP contribution in [0.15, 0.2) is 55.0 Å². The summed E-state index contributed by atoms with van der Waals surface area (Å²) in [7, 11) is 2.12. The van der Waals surface area contributed by atoms with Crippen molar-refractivity contribution in [3.8, 4) is 22.5 Å². The van der Waals surface area contributed by atoms with Gasteiger partial charge in [0.05, 0.1) is 17.6 Å². The fourth-order valence-corrected chi connectivity index (χ4v) is 4.22. The molecule has 0 aliphatic carbocycles. The van der Waals surface area contributed by atoms with Gasteiger partial charge in [0, 0.05) is 28.8 Å². The van der Waals surface area contributed by atoms with Crippen LogP contribution in [0.3, 0.4) is 0 Å². The van der Waals surface area contributed by atoms with E-state index in [1.165, 1.54) is 38.7 Å². The third-order valence-corrected chi connectivity index (χ3v) is 5.89. The molecule has 3 nitrogen and oxygen atoms in total. The van der Waals surface area contributed by atoms with Crippen LogP contribution >= 0.6 is 0 Å². The number of benzene rings is 2. The number of hydrogen-bond acceptors (Lipinski definition) is 2. The van der Waals surface area contributed by atoms with E-state index in [9.17, 15) is 0 Å². The molecule has 0 fully saturated rings. The molecule has 0 amide bonds. The van der Waals surface area contributed by atoms with Gasteiger partial charge in [0.25, 0.3) is 0 Å². The molecule has 0 spiro atoms. The molecule has 0 bridgehead atoms. The van der Waals surface area contributed by atoms with Crippen molar-refractivity contribution in [1.82, 2.24) is 9.97 Å². The van der Waals surface area contributed by atoms with Gasteiger partial charge in [-0.3, -0.25) is 9.97 Å². The van der Waals surface area contributed by atoms with Crippen LogP contribution in [-0.4, -0.2) is 9.97 Å². The lowest BCUT2D eigenvalue weighted by atomic mass is 9.91. The molecule has 0 saturated carbocycles. The molecule has 0 saturated heterocycles. The molecule has 0 unspecified atom stereocenters. The van der Waals surface area contributed by atoms with E-state index < -0.39 is 0 Å². The van der Waals surface area contributed by atoms with Crippen LogP contribution in [0.5, 0.6) is 0 Å². The van der Waals surface area contributed by atoms with Gasteiger partial charge in [0.15, 0.2) is 6.20 Å². The van der Waals surface area contributed by atoms with E-state index in [1.54, 1.807) is 0 Å². The molecule has 0 aliphatic heterocycles. The Morgan fingerprint density at radius 3 is 2.32 bits per heavy atom. The first kappa shape index (κ1) is 21.2. The van der Waals surface area contributed by atoms with Gasteiger partial charge in [0.2, 0.25) is 5.69 Å². The summed E-state index contributed by atoms with van der Waals surface area (Å²) < 4.78 is 2.23.